The smallest absolute Gasteiger partial charge is 0.693 e. The van der Waals surface area contributed by atoms with Gasteiger partial charge in [0.1, 0.15) is 0 Å². The molecule has 1 rings (SSSR count). The van der Waals surface area contributed by atoms with Crippen molar-refractivity contribution in [3.63, 3.8) is 0 Å². The number of rotatable bonds is 3. The average Bonchev–Trinajstić information content (AvgIpc) is 2.18. The Morgan fingerprint density at radius 1 is 1.33 bits per heavy atom. The van der Waals surface area contributed by atoms with Crippen LogP contribution in [0.25, 0.3) is 0 Å². The van der Waals surface area contributed by atoms with E-state index >= 15 is 0 Å². The van der Waals surface area contributed by atoms with Gasteiger partial charge in [-0.2, -0.15) is 0 Å². The van der Waals surface area contributed by atoms with Gasteiger partial charge in [0.25, 0.3) is 0 Å². The first-order valence-corrected chi connectivity index (χ1v) is 4.35. The summed E-state index contributed by atoms with van der Waals surface area (Å²) >= 11 is 0. The fraction of sp³-hybridized carbons (Fsp3) is 0.250. The Morgan fingerprint density at radius 2 is 1.87 bits per heavy atom. The predicted octanol–water partition coefficient (Wildman–Crippen LogP) is 1.91. The van der Waals surface area contributed by atoms with Gasteiger partial charge < -0.3 is 17.2 Å². The summed E-state index contributed by atoms with van der Waals surface area (Å²) in [5.41, 5.74) is 1.69. The molecule has 0 spiro atoms. The topological polar surface area (TPSA) is 20.3 Å². The van der Waals surface area contributed by atoms with Crippen LogP contribution < -0.4 is 4.90 Å². The Balaban J connectivity index is 0.00000196. The summed E-state index contributed by atoms with van der Waals surface area (Å²) in [6.07, 6.45) is 6.77. The van der Waals surface area contributed by atoms with Gasteiger partial charge in [0.2, 0.25) is 0 Å². The van der Waals surface area contributed by atoms with Gasteiger partial charge in [0.15, 0.2) is 5.78 Å². The molecule has 0 N–H and O–H groups in total. The number of nitrogens with zero attached hydrogens (tertiary/aromatic N) is 1. The van der Waals surface area contributed by atoms with Crippen LogP contribution in [0.15, 0.2) is 24.3 Å². The summed E-state index contributed by atoms with van der Waals surface area (Å²) in [7, 11) is 3.89. The van der Waals surface area contributed by atoms with Gasteiger partial charge in [-0.25, -0.2) is 0 Å². The number of anilines is 1. The van der Waals surface area contributed by atoms with Crippen molar-refractivity contribution >= 4 is 11.5 Å². The van der Waals surface area contributed by atoms with Crippen molar-refractivity contribution in [3.05, 3.63) is 36.3 Å². The van der Waals surface area contributed by atoms with Gasteiger partial charge in [-0.1, -0.05) is 0 Å². The van der Waals surface area contributed by atoms with Crippen molar-refractivity contribution in [1.29, 1.82) is 0 Å². The quantitative estimate of drug-likeness (QED) is 0.353. The Labute approximate surface area is 101 Å². The predicted molar refractivity (Wildman–Crippen MR) is 56.8 cm³/mol. The van der Waals surface area contributed by atoms with Gasteiger partial charge in [-0.15, -0.1) is 0 Å². The molecule has 0 atom stereocenters. The fourth-order valence-electron chi connectivity index (χ4n) is 1.13. The largest absolute Gasteiger partial charge is 1.00 e. The van der Waals surface area contributed by atoms with Crippen LogP contribution in [0.1, 0.15) is 16.8 Å². The molecule has 1 aromatic carbocycles. The second-order valence-electron chi connectivity index (χ2n) is 3.22. The minimum absolute atomic E-state index is 0. The molecule has 0 bridgehead atoms. The third kappa shape index (κ3) is 3.79. The molecule has 82 valence electrons. The maximum atomic E-state index is 11.3. The Bertz CT molecular complexity index is 362. The van der Waals surface area contributed by atoms with Gasteiger partial charge in [-0.3, -0.25) is 4.79 Å². The van der Waals surface area contributed by atoms with Gasteiger partial charge in [0, 0.05) is 31.8 Å². The molecule has 0 saturated carbocycles. The Hall–Kier alpha value is -1.23. The van der Waals surface area contributed by atoms with Crippen molar-refractivity contribution in [3.8, 4) is 5.92 Å². The fourth-order valence-corrected chi connectivity index (χ4v) is 1.13. The molecule has 0 amide bonds. The molecule has 3 heteroatoms. The minimum Gasteiger partial charge on any atom is -0.693 e. The molecule has 0 fully saturated rings. The summed E-state index contributed by atoms with van der Waals surface area (Å²) in [5, 5.41) is 0. The normalized spacial score (nSPS) is 8.60. The van der Waals surface area contributed by atoms with Crippen LogP contribution in [0.4, 0.5) is 5.69 Å². The molecule has 0 saturated heterocycles. The Kier molecular flexibility index (Phi) is 5.77. The molecule has 0 aliphatic rings. The summed E-state index contributed by atoms with van der Waals surface area (Å²) < 4.78 is 0. The molecule has 0 aromatic heterocycles. The van der Waals surface area contributed by atoms with E-state index in [1.165, 1.54) is 0 Å². The number of hydrogen-bond donors (Lipinski definition) is 0. The molecule has 0 radical (unpaired) electrons. The van der Waals surface area contributed by atoms with Crippen LogP contribution in [-0.4, -0.2) is 19.9 Å². The van der Waals surface area contributed by atoms with Gasteiger partial charge in [0.05, 0.1) is 0 Å². The minimum atomic E-state index is -0.0645. The first-order valence-electron chi connectivity index (χ1n) is 4.35. The van der Waals surface area contributed by atoms with Crippen molar-refractivity contribution in [2.24, 2.45) is 0 Å². The molecule has 1 aromatic rings. The van der Waals surface area contributed by atoms with Crippen molar-refractivity contribution < 1.29 is 21.9 Å². The Morgan fingerprint density at radius 3 is 2.27 bits per heavy atom. The van der Waals surface area contributed by atoms with E-state index in [9.17, 15) is 4.79 Å². The number of carbonyl (C=O) groups excluding carboxylic acids is 1. The van der Waals surface area contributed by atoms with E-state index in [1.54, 1.807) is 12.1 Å². The number of Topliss-reactive ketones (excluding diaryl/α,β-unsaturated/α-hetero) is 1. The maximum absolute atomic E-state index is 11.3. The number of benzene rings is 1. The van der Waals surface area contributed by atoms with E-state index in [0.29, 0.717) is 5.56 Å². The molecule has 0 aliphatic heterocycles. The molecule has 0 aliphatic carbocycles. The van der Waals surface area contributed by atoms with Crippen LogP contribution in [0.3, 0.4) is 0 Å². The van der Waals surface area contributed by atoms with Crippen LogP contribution in [0, 0.1) is 12.3 Å². The molecule has 0 heterocycles. The molecular weight excluding hydrogens is 238 g/mol. The molecule has 2 nitrogen and oxygen atoms in total. The van der Waals surface area contributed by atoms with E-state index in [4.69, 9.17) is 6.42 Å². The number of carbonyl (C=O) groups is 1. The van der Waals surface area contributed by atoms with E-state index in [-0.39, 0.29) is 29.3 Å². The van der Waals surface area contributed by atoms with Crippen LogP contribution in [0.2, 0.25) is 0 Å². The van der Waals surface area contributed by atoms with Crippen molar-refractivity contribution in [2.45, 2.75) is 6.42 Å². The first kappa shape index (κ1) is 13.8. The van der Waals surface area contributed by atoms with Crippen LogP contribution in [0.5, 0.6) is 0 Å². The summed E-state index contributed by atoms with van der Waals surface area (Å²) in [4.78, 5) is 13.3. The maximum Gasteiger partial charge on any atom is 1.00 e. The second-order valence-corrected chi connectivity index (χ2v) is 3.22. The van der Waals surface area contributed by atoms with Crippen LogP contribution >= 0.6 is 0 Å². The van der Waals surface area contributed by atoms with Gasteiger partial charge in [-0.05, 0) is 24.3 Å². The summed E-state index contributed by atoms with van der Waals surface area (Å²) in [5.74, 6) is 2.03. The van der Waals surface area contributed by atoms with E-state index in [2.05, 4.69) is 5.92 Å². The first-order chi connectivity index (χ1) is 6.65. The molecular formula is C12H12CuNO. The zero-order valence-corrected chi connectivity index (χ0v) is 9.62. The van der Waals surface area contributed by atoms with E-state index < -0.39 is 0 Å². The number of hydrogen-bond acceptors (Lipinski definition) is 2. The zero-order chi connectivity index (χ0) is 10.6. The zero-order valence-electron chi connectivity index (χ0n) is 8.67. The second kappa shape index (κ2) is 6.29. The van der Waals surface area contributed by atoms with Gasteiger partial charge >= 0.3 is 17.1 Å². The van der Waals surface area contributed by atoms with E-state index in [1.807, 2.05) is 31.1 Å². The van der Waals surface area contributed by atoms with E-state index in [0.717, 1.165) is 5.69 Å². The third-order valence-corrected chi connectivity index (χ3v) is 1.95. The summed E-state index contributed by atoms with van der Waals surface area (Å²) in [6.45, 7) is 0. The number of ketones is 1. The van der Waals surface area contributed by atoms with Crippen molar-refractivity contribution in [1.82, 2.24) is 0 Å². The molecule has 0 unspecified atom stereocenters. The third-order valence-electron chi connectivity index (χ3n) is 1.95. The average molecular weight is 250 g/mol. The standard InChI is InChI=1S/C12H12NO.Cu/c1-4-5-12(14)10-6-8-11(9-7-10)13(2)3;/h6-9H,5H2,2-3H3;/q-1;+1. The SMILES string of the molecule is [C-]#CCC(=O)c1ccc(N(C)C)cc1.[Cu+]. The van der Waals surface area contributed by atoms with Crippen molar-refractivity contribution in [2.75, 3.05) is 19.0 Å². The van der Waals surface area contributed by atoms with Crippen LogP contribution in [-0.2, 0) is 17.1 Å². The monoisotopic (exact) mass is 249 g/mol. The molecule has 15 heavy (non-hydrogen) atoms. The summed E-state index contributed by atoms with van der Waals surface area (Å²) in [6, 6.07) is 7.32.